The fraction of sp³-hybridized carbons (Fsp3) is 0.667. The van der Waals surface area contributed by atoms with Crippen molar-refractivity contribution in [1.29, 1.82) is 0 Å². The van der Waals surface area contributed by atoms with Crippen LogP contribution in [0.25, 0.3) is 0 Å². The van der Waals surface area contributed by atoms with Gasteiger partial charge in [0.05, 0.1) is 24.5 Å². The third-order valence-corrected chi connectivity index (χ3v) is 3.16. The molecule has 0 radical (unpaired) electrons. The number of morpholine rings is 1. The van der Waals surface area contributed by atoms with E-state index < -0.39 is 5.63 Å². The molecular weight excluding hydrogens is 236 g/mol. The topological polar surface area (TPSA) is 64.7 Å². The van der Waals surface area contributed by atoms with Gasteiger partial charge in [-0.15, -0.1) is 4.74 Å². The molecule has 1 aliphatic heterocycles. The zero-order chi connectivity index (χ0) is 13.1. The zero-order valence-electron chi connectivity index (χ0n) is 10.8. The Labute approximate surface area is 105 Å². The SMILES string of the molecule is CCc1c(CC)n(C(=O)N2CCOCC2)oc1=O. The Morgan fingerprint density at radius 2 is 1.89 bits per heavy atom. The molecule has 0 aliphatic carbocycles. The maximum Gasteiger partial charge on any atom is 0.361 e. The van der Waals surface area contributed by atoms with Gasteiger partial charge in [0.2, 0.25) is 0 Å². The first kappa shape index (κ1) is 12.9. The number of aromatic nitrogens is 1. The highest BCUT2D eigenvalue weighted by Crippen LogP contribution is 2.10. The summed E-state index contributed by atoms with van der Waals surface area (Å²) in [6.45, 7) is 5.91. The first-order valence-corrected chi connectivity index (χ1v) is 6.30. The largest absolute Gasteiger partial charge is 0.378 e. The molecule has 0 bridgehead atoms. The number of rotatable bonds is 2. The Balaban J connectivity index is 2.32. The van der Waals surface area contributed by atoms with Crippen molar-refractivity contribution in [1.82, 2.24) is 9.64 Å². The molecule has 1 saturated heterocycles. The number of amides is 1. The maximum atomic E-state index is 12.3. The summed E-state index contributed by atoms with van der Waals surface area (Å²) in [5.41, 5.74) is 0.870. The van der Waals surface area contributed by atoms with E-state index in [-0.39, 0.29) is 6.03 Å². The lowest BCUT2D eigenvalue weighted by molar-refractivity contribution is 0.0478. The summed E-state index contributed by atoms with van der Waals surface area (Å²) in [5.74, 6) is 0. The highest BCUT2D eigenvalue weighted by molar-refractivity contribution is 5.76. The average Bonchev–Trinajstić information content (AvgIpc) is 2.74. The molecular formula is C12H18N2O4. The van der Waals surface area contributed by atoms with Crippen LogP contribution < -0.4 is 5.63 Å². The molecule has 100 valence electrons. The van der Waals surface area contributed by atoms with E-state index in [1.165, 1.54) is 0 Å². The Hall–Kier alpha value is -1.56. The minimum absolute atomic E-state index is 0.271. The second-order valence-electron chi connectivity index (χ2n) is 4.19. The molecule has 1 fully saturated rings. The second kappa shape index (κ2) is 5.39. The normalized spacial score (nSPS) is 16.0. The maximum absolute atomic E-state index is 12.3. The van der Waals surface area contributed by atoms with Crippen LogP contribution in [-0.2, 0) is 17.6 Å². The predicted octanol–water partition coefficient (Wildman–Crippen LogP) is 0.866. The molecule has 2 rings (SSSR count). The summed E-state index contributed by atoms with van der Waals surface area (Å²) in [6, 6.07) is -0.271. The number of ether oxygens (including phenoxy) is 1. The van der Waals surface area contributed by atoms with Crippen LogP contribution in [-0.4, -0.2) is 42.0 Å². The Kier molecular flexibility index (Phi) is 3.86. The van der Waals surface area contributed by atoms with E-state index in [1.807, 2.05) is 13.8 Å². The van der Waals surface area contributed by atoms with Gasteiger partial charge in [-0.25, -0.2) is 9.59 Å². The van der Waals surface area contributed by atoms with Crippen molar-refractivity contribution < 1.29 is 14.1 Å². The van der Waals surface area contributed by atoms with Gasteiger partial charge in [-0.2, -0.15) is 0 Å². The molecule has 1 aromatic rings. The van der Waals surface area contributed by atoms with Crippen molar-refractivity contribution in [2.75, 3.05) is 26.3 Å². The summed E-state index contributed by atoms with van der Waals surface area (Å²) in [4.78, 5) is 25.6. The van der Waals surface area contributed by atoms with Crippen molar-refractivity contribution in [2.45, 2.75) is 26.7 Å². The fourth-order valence-corrected chi connectivity index (χ4v) is 2.18. The van der Waals surface area contributed by atoms with Crippen molar-refractivity contribution in [3.8, 4) is 0 Å². The summed E-state index contributed by atoms with van der Waals surface area (Å²) in [6.07, 6.45) is 1.18. The second-order valence-corrected chi connectivity index (χ2v) is 4.19. The van der Waals surface area contributed by atoms with Crippen LogP contribution in [0.1, 0.15) is 25.1 Å². The molecule has 6 nitrogen and oxygen atoms in total. The van der Waals surface area contributed by atoms with Crippen LogP contribution in [0, 0.1) is 0 Å². The third-order valence-electron chi connectivity index (χ3n) is 3.16. The van der Waals surface area contributed by atoms with Crippen LogP contribution in [0.3, 0.4) is 0 Å². The lowest BCUT2D eigenvalue weighted by Crippen LogP contribution is -2.43. The first-order valence-electron chi connectivity index (χ1n) is 6.30. The molecule has 1 aromatic heterocycles. The Morgan fingerprint density at radius 1 is 1.22 bits per heavy atom. The average molecular weight is 254 g/mol. The summed E-state index contributed by atoms with van der Waals surface area (Å²) >= 11 is 0. The fourth-order valence-electron chi connectivity index (χ4n) is 2.18. The van der Waals surface area contributed by atoms with E-state index in [1.54, 1.807) is 4.90 Å². The molecule has 1 amide bonds. The quantitative estimate of drug-likeness (QED) is 0.785. The van der Waals surface area contributed by atoms with Gasteiger partial charge in [-0.1, -0.05) is 13.8 Å². The van der Waals surface area contributed by atoms with Gasteiger partial charge in [-0.3, -0.25) is 0 Å². The van der Waals surface area contributed by atoms with Crippen LogP contribution in [0.4, 0.5) is 4.79 Å². The molecule has 0 N–H and O–H groups in total. The molecule has 6 heteroatoms. The highest BCUT2D eigenvalue weighted by Gasteiger charge is 2.24. The lowest BCUT2D eigenvalue weighted by atomic mass is 10.1. The van der Waals surface area contributed by atoms with Crippen LogP contribution in [0.5, 0.6) is 0 Å². The third kappa shape index (κ3) is 2.20. The Morgan fingerprint density at radius 3 is 2.44 bits per heavy atom. The zero-order valence-corrected chi connectivity index (χ0v) is 10.8. The van der Waals surface area contributed by atoms with Gasteiger partial charge in [0.15, 0.2) is 0 Å². The van der Waals surface area contributed by atoms with E-state index in [2.05, 4.69) is 0 Å². The summed E-state index contributed by atoms with van der Waals surface area (Å²) < 4.78 is 11.4. The van der Waals surface area contributed by atoms with E-state index >= 15 is 0 Å². The molecule has 0 atom stereocenters. The van der Waals surface area contributed by atoms with E-state index in [4.69, 9.17) is 9.26 Å². The van der Waals surface area contributed by atoms with E-state index in [0.717, 1.165) is 4.74 Å². The number of hydrogen-bond acceptors (Lipinski definition) is 4. The minimum atomic E-state index is -0.407. The summed E-state index contributed by atoms with van der Waals surface area (Å²) in [5, 5.41) is 0. The van der Waals surface area contributed by atoms with Gasteiger partial charge >= 0.3 is 11.7 Å². The number of carbonyl (C=O) groups excluding carboxylic acids is 1. The number of nitrogens with zero attached hydrogens (tertiary/aromatic N) is 2. The molecule has 0 unspecified atom stereocenters. The van der Waals surface area contributed by atoms with Crippen LogP contribution in [0.2, 0.25) is 0 Å². The molecule has 1 aliphatic rings. The van der Waals surface area contributed by atoms with Gasteiger partial charge in [0, 0.05) is 13.1 Å². The molecule has 18 heavy (non-hydrogen) atoms. The highest BCUT2D eigenvalue weighted by atomic mass is 16.5. The number of hydrogen-bond donors (Lipinski definition) is 0. The van der Waals surface area contributed by atoms with Crippen molar-refractivity contribution >= 4 is 6.03 Å². The van der Waals surface area contributed by atoms with Crippen molar-refractivity contribution in [2.24, 2.45) is 0 Å². The van der Waals surface area contributed by atoms with Gasteiger partial charge in [0.1, 0.15) is 0 Å². The first-order chi connectivity index (χ1) is 8.69. The lowest BCUT2D eigenvalue weighted by Gasteiger charge is -2.26. The number of carbonyl (C=O) groups is 1. The Bertz CT molecular complexity index is 483. The monoisotopic (exact) mass is 254 g/mol. The van der Waals surface area contributed by atoms with E-state index in [9.17, 15) is 9.59 Å². The van der Waals surface area contributed by atoms with Crippen LogP contribution in [0.15, 0.2) is 9.32 Å². The molecule has 0 aromatic carbocycles. The molecule has 0 spiro atoms. The van der Waals surface area contributed by atoms with Gasteiger partial charge in [0.25, 0.3) is 0 Å². The molecule has 0 saturated carbocycles. The molecule has 2 heterocycles. The van der Waals surface area contributed by atoms with Crippen molar-refractivity contribution in [3.05, 3.63) is 21.7 Å². The van der Waals surface area contributed by atoms with Crippen molar-refractivity contribution in [3.63, 3.8) is 0 Å². The van der Waals surface area contributed by atoms with Gasteiger partial charge < -0.3 is 14.2 Å². The smallest absolute Gasteiger partial charge is 0.361 e. The van der Waals surface area contributed by atoms with Crippen LogP contribution >= 0.6 is 0 Å². The predicted molar refractivity (Wildman–Crippen MR) is 64.9 cm³/mol. The van der Waals surface area contributed by atoms with E-state index in [0.29, 0.717) is 50.4 Å². The standard InChI is InChI=1S/C12H18N2O4/c1-3-9-10(4-2)14(18-11(9)15)12(16)13-5-7-17-8-6-13/h3-8H2,1-2H3. The van der Waals surface area contributed by atoms with Gasteiger partial charge in [-0.05, 0) is 12.8 Å². The minimum Gasteiger partial charge on any atom is -0.378 e. The summed E-state index contributed by atoms with van der Waals surface area (Å²) in [7, 11) is 0.